The van der Waals surface area contributed by atoms with Gasteiger partial charge in [-0.05, 0) is 25.5 Å². The van der Waals surface area contributed by atoms with E-state index < -0.39 is 0 Å². The summed E-state index contributed by atoms with van der Waals surface area (Å²) in [5, 5.41) is 11.4. The predicted molar refractivity (Wildman–Crippen MR) is 73.2 cm³/mol. The molecule has 1 amide bonds. The molecule has 0 aromatic carbocycles. The topological polar surface area (TPSA) is 91.8 Å². The lowest BCUT2D eigenvalue weighted by Gasteiger charge is -2.20. The molecule has 3 N–H and O–H groups in total. The first kappa shape index (κ1) is 14.9. The van der Waals surface area contributed by atoms with Crippen LogP contribution in [0, 0.1) is 0 Å². The second-order valence-corrected chi connectivity index (χ2v) is 4.16. The average Bonchev–Trinajstić information content (AvgIpc) is 2.47. The van der Waals surface area contributed by atoms with E-state index in [1.165, 1.54) is 6.20 Å². The summed E-state index contributed by atoms with van der Waals surface area (Å²) in [6.45, 7) is 5.42. The summed E-state index contributed by atoms with van der Waals surface area (Å²) in [6, 6.07) is 3.20. The maximum Gasteiger partial charge on any atom is 0.272 e. The van der Waals surface area contributed by atoms with Gasteiger partial charge in [-0.25, -0.2) is 0 Å². The third-order valence-corrected chi connectivity index (χ3v) is 2.84. The van der Waals surface area contributed by atoms with E-state index in [9.17, 15) is 4.79 Å². The smallest absolute Gasteiger partial charge is 0.272 e. The van der Waals surface area contributed by atoms with Crippen molar-refractivity contribution in [2.75, 3.05) is 13.1 Å². The SMILES string of the molecule is CCCCN(CC)C(=O)c1ccc(/C(N)=N/O)cn1. The number of oxime groups is 1. The minimum Gasteiger partial charge on any atom is -0.409 e. The normalized spacial score (nSPS) is 11.4. The van der Waals surface area contributed by atoms with Crippen molar-refractivity contribution in [2.45, 2.75) is 26.7 Å². The molecule has 0 spiro atoms. The van der Waals surface area contributed by atoms with Gasteiger partial charge in [0.2, 0.25) is 0 Å². The van der Waals surface area contributed by atoms with Gasteiger partial charge in [-0.3, -0.25) is 9.78 Å². The van der Waals surface area contributed by atoms with Crippen LogP contribution in [0.1, 0.15) is 42.7 Å². The fourth-order valence-corrected chi connectivity index (χ4v) is 1.64. The molecular weight excluding hydrogens is 244 g/mol. The van der Waals surface area contributed by atoms with Crippen molar-refractivity contribution in [2.24, 2.45) is 10.9 Å². The Morgan fingerprint density at radius 1 is 1.47 bits per heavy atom. The number of aromatic nitrogens is 1. The Morgan fingerprint density at radius 2 is 2.21 bits per heavy atom. The minimum atomic E-state index is -0.0954. The number of hydrogen-bond donors (Lipinski definition) is 2. The molecule has 0 aliphatic heterocycles. The van der Waals surface area contributed by atoms with Crippen LogP contribution >= 0.6 is 0 Å². The van der Waals surface area contributed by atoms with Gasteiger partial charge < -0.3 is 15.8 Å². The highest BCUT2D eigenvalue weighted by Gasteiger charge is 2.15. The number of unbranched alkanes of at least 4 members (excludes halogenated alkanes) is 1. The molecule has 0 aliphatic rings. The molecule has 0 radical (unpaired) electrons. The first-order valence-corrected chi connectivity index (χ1v) is 6.37. The van der Waals surface area contributed by atoms with Crippen LogP contribution in [0.5, 0.6) is 0 Å². The minimum absolute atomic E-state index is 0.0233. The summed E-state index contributed by atoms with van der Waals surface area (Å²) < 4.78 is 0. The monoisotopic (exact) mass is 264 g/mol. The van der Waals surface area contributed by atoms with Crippen molar-refractivity contribution in [3.05, 3.63) is 29.6 Å². The summed E-state index contributed by atoms with van der Waals surface area (Å²) in [6.07, 6.45) is 3.44. The molecule has 0 unspecified atom stereocenters. The quantitative estimate of drug-likeness (QED) is 0.352. The first-order chi connectivity index (χ1) is 9.13. The van der Waals surface area contributed by atoms with Crippen LogP contribution in [0.2, 0.25) is 0 Å². The molecule has 104 valence electrons. The lowest BCUT2D eigenvalue weighted by molar-refractivity contribution is 0.0756. The van der Waals surface area contributed by atoms with Gasteiger partial charge in [0.15, 0.2) is 5.84 Å². The van der Waals surface area contributed by atoms with Gasteiger partial charge in [0.25, 0.3) is 5.91 Å². The number of carbonyl (C=O) groups excluding carboxylic acids is 1. The molecule has 0 atom stereocenters. The van der Waals surface area contributed by atoms with Gasteiger partial charge in [-0.15, -0.1) is 0 Å². The predicted octanol–water partition coefficient (Wildman–Crippen LogP) is 1.44. The van der Waals surface area contributed by atoms with Crippen LogP contribution in [0.25, 0.3) is 0 Å². The van der Waals surface area contributed by atoms with Crippen LogP contribution in [0.3, 0.4) is 0 Å². The van der Waals surface area contributed by atoms with E-state index in [-0.39, 0.29) is 11.7 Å². The molecule has 1 aromatic rings. The van der Waals surface area contributed by atoms with E-state index in [1.54, 1.807) is 17.0 Å². The van der Waals surface area contributed by atoms with E-state index in [0.717, 1.165) is 19.4 Å². The number of nitrogens with two attached hydrogens (primary N) is 1. The van der Waals surface area contributed by atoms with Crippen LogP contribution in [0.4, 0.5) is 0 Å². The summed E-state index contributed by atoms with van der Waals surface area (Å²) in [5.74, 6) is -0.119. The highest BCUT2D eigenvalue weighted by molar-refractivity contribution is 5.98. The molecule has 1 rings (SSSR count). The average molecular weight is 264 g/mol. The Bertz CT molecular complexity index is 442. The maximum absolute atomic E-state index is 12.2. The molecule has 1 heterocycles. The van der Waals surface area contributed by atoms with Crippen LogP contribution < -0.4 is 5.73 Å². The van der Waals surface area contributed by atoms with E-state index in [1.807, 2.05) is 6.92 Å². The Kier molecular flexibility index (Phi) is 5.78. The molecule has 0 saturated heterocycles. The van der Waals surface area contributed by atoms with Gasteiger partial charge in [0, 0.05) is 24.8 Å². The second-order valence-electron chi connectivity index (χ2n) is 4.16. The fourth-order valence-electron chi connectivity index (χ4n) is 1.64. The summed E-state index contributed by atoms with van der Waals surface area (Å²) >= 11 is 0. The standard InChI is InChI=1S/C13H20N4O2/c1-3-5-8-17(4-2)13(18)11-7-6-10(9-15-11)12(14)16-19/h6-7,9,19H,3-5,8H2,1-2H3,(H2,14,16). The number of nitrogens with zero attached hydrogens (tertiary/aromatic N) is 3. The molecule has 6 nitrogen and oxygen atoms in total. The zero-order valence-corrected chi connectivity index (χ0v) is 11.3. The highest BCUT2D eigenvalue weighted by atomic mass is 16.4. The maximum atomic E-state index is 12.2. The van der Waals surface area contributed by atoms with Crippen molar-refractivity contribution in [1.29, 1.82) is 0 Å². The van der Waals surface area contributed by atoms with Crippen molar-refractivity contribution in [1.82, 2.24) is 9.88 Å². The lowest BCUT2D eigenvalue weighted by atomic mass is 10.2. The highest BCUT2D eigenvalue weighted by Crippen LogP contribution is 2.05. The fraction of sp³-hybridized carbons (Fsp3) is 0.462. The Balaban J connectivity index is 2.81. The molecule has 0 aliphatic carbocycles. The Hall–Kier alpha value is -2.11. The van der Waals surface area contributed by atoms with E-state index in [4.69, 9.17) is 10.9 Å². The Labute approximate surface area is 112 Å². The number of pyridine rings is 1. The summed E-state index contributed by atoms with van der Waals surface area (Å²) in [7, 11) is 0. The third-order valence-electron chi connectivity index (χ3n) is 2.84. The number of amides is 1. The number of rotatable bonds is 6. The molecule has 0 bridgehead atoms. The molecular formula is C13H20N4O2. The summed E-state index contributed by atoms with van der Waals surface area (Å²) in [5.41, 5.74) is 6.29. The van der Waals surface area contributed by atoms with Crippen LogP contribution in [-0.2, 0) is 0 Å². The second kappa shape index (κ2) is 7.35. The van der Waals surface area contributed by atoms with Gasteiger partial charge >= 0.3 is 0 Å². The number of hydrogen-bond acceptors (Lipinski definition) is 4. The lowest BCUT2D eigenvalue weighted by Crippen LogP contribution is -2.32. The van der Waals surface area contributed by atoms with Crippen LogP contribution in [-0.4, -0.2) is 39.9 Å². The molecule has 1 aromatic heterocycles. The molecule has 6 heteroatoms. The van der Waals surface area contributed by atoms with Crippen molar-refractivity contribution < 1.29 is 10.0 Å². The third kappa shape index (κ3) is 3.94. The summed E-state index contributed by atoms with van der Waals surface area (Å²) in [4.78, 5) is 18.0. The first-order valence-electron chi connectivity index (χ1n) is 6.37. The van der Waals surface area contributed by atoms with Crippen molar-refractivity contribution in [3.8, 4) is 0 Å². The molecule has 19 heavy (non-hydrogen) atoms. The van der Waals surface area contributed by atoms with Crippen LogP contribution in [0.15, 0.2) is 23.5 Å². The number of carbonyl (C=O) groups is 1. The van der Waals surface area contributed by atoms with E-state index in [2.05, 4.69) is 17.1 Å². The van der Waals surface area contributed by atoms with Gasteiger partial charge in [-0.1, -0.05) is 18.5 Å². The van der Waals surface area contributed by atoms with E-state index >= 15 is 0 Å². The van der Waals surface area contributed by atoms with Crippen molar-refractivity contribution in [3.63, 3.8) is 0 Å². The zero-order valence-electron chi connectivity index (χ0n) is 11.3. The molecule has 0 fully saturated rings. The molecule has 0 saturated carbocycles. The Morgan fingerprint density at radius 3 is 2.68 bits per heavy atom. The van der Waals surface area contributed by atoms with Crippen molar-refractivity contribution >= 4 is 11.7 Å². The van der Waals surface area contributed by atoms with Gasteiger partial charge in [0.1, 0.15) is 5.69 Å². The zero-order chi connectivity index (χ0) is 14.3. The van der Waals surface area contributed by atoms with Gasteiger partial charge in [-0.2, -0.15) is 0 Å². The van der Waals surface area contributed by atoms with E-state index in [0.29, 0.717) is 17.8 Å². The van der Waals surface area contributed by atoms with Gasteiger partial charge in [0.05, 0.1) is 0 Å². The largest absolute Gasteiger partial charge is 0.409 e. The number of amidine groups is 1.